The number of aryl methyl sites for hydroxylation is 1. The van der Waals surface area contributed by atoms with Gasteiger partial charge in [0.25, 0.3) is 0 Å². The average molecular weight is 511 g/mol. The van der Waals surface area contributed by atoms with Gasteiger partial charge in [-0.25, -0.2) is 8.78 Å². The van der Waals surface area contributed by atoms with E-state index in [-0.39, 0.29) is 29.2 Å². The number of halogens is 2. The van der Waals surface area contributed by atoms with Gasteiger partial charge in [-0.15, -0.1) is 8.80 Å². The molecule has 186 valence electrons. The van der Waals surface area contributed by atoms with E-state index in [1.807, 2.05) is 36.1 Å². The molecule has 2 aliphatic rings. The molecule has 1 saturated heterocycles. The van der Waals surface area contributed by atoms with Gasteiger partial charge in [-0.3, -0.25) is 0 Å². The Bertz CT molecular complexity index is 1360. The third-order valence-electron chi connectivity index (χ3n) is 6.16. The number of nitrogens with one attached hydrogen (secondary N) is 1. The van der Waals surface area contributed by atoms with E-state index in [9.17, 15) is 17.2 Å². The van der Waals surface area contributed by atoms with Crippen molar-refractivity contribution in [3.05, 3.63) is 101 Å². The summed E-state index contributed by atoms with van der Waals surface area (Å²) < 4.78 is 65.8. The fourth-order valence-electron chi connectivity index (χ4n) is 4.42. The molecule has 10 heteroatoms. The summed E-state index contributed by atoms with van der Waals surface area (Å²) in [5, 5.41) is 3.07. The molecule has 3 aromatic rings. The highest BCUT2D eigenvalue weighted by atomic mass is 32.2. The molecule has 0 amide bonds. The molecule has 0 radical (unpaired) electrons. The van der Waals surface area contributed by atoms with E-state index in [0.29, 0.717) is 25.4 Å². The van der Waals surface area contributed by atoms with Crippen molar-refractivity contribution in [1.29, 1.82) is 0 Å². The molecule has 1 unspecified atom stereocenters. The zero-order valence-corrected chi connectivity index (χ0v) is 20.3. The van der Waals surface area contributed by atoms with Crippen LogP contribution >= 0.6 is 0 Å². The molecule has 1 fully saturated rings. The lowest BCUT2D eigenvalue weighted by molar-refractivity contribution is -0.0134. The van der Waals surface area contributed by atoms with E-state index in [1.54, 1.807) is 24.3 Å². The molecule has 2 aliphatic heterocycles. The predicted octanol–water partition coefficient (Wildman–Crippen LogP) is 4.27. The van der Waals surface area contributed by atoms with Crippen LogP contribution in [0.25, 0.3) is 0 Å². The third-order valence-corrected chi connectivity index (χ3v) is 6.97. The van der Waals surface area contributed by atoms with Crippen molar-refractivity contribution in [3.63, 3.8) is 0 Å². The first-order chi connectivity index (χ1) is 17.3. The maximum absolute atomic E-state index is 13.6. The Balaban J connectivity index is 1.44. The Hall–Kier alpha value is -3.63. The van der Waals surface area contributed by atoms with E-state index in [2.05, 4.69) is 14.1 Å². The van der Waals surface area contributed by atoms with Crippen LogP contribution in [0.4, 0.5) is 14.5 Å². The summed E-state index contributed by atoms with van der Waals surface area (Å²) in [7, 11) is -4.03. The number of hydrogen-bond donors (Lipinski definition) is 1. The van der Waals surface area contributed by atoms with Crippen LogP contribution in [0.2, 0.25) is 0 Å². The van der Waals surface area contributed by atoms with Crippen molar-refractivity contribution < 1.29 is 21.9 Å². The highest BCUT2D eigenvalue weighted by molar-refractivity contribution is 7.89. The maximum atomic E-state index is 13.6. The zero-order chi connectivity index (χ0) is 25.3. The Labute approximate surface area is 208 Å². The molecule has 3 aromatic carbocycles. The molecule has 2 heterocycles. The fraction of sp³-hybridized carbons (Fsp3) is 0.231. The van der Waals surface area contributed by atoms with Gasteiger partial charge in [-0.05, 0) is 54.4 Å². The van der Waals surface area contributed by atoms with E-state index in [4.69, 9.17) is 4.74 Å². The van der Waals surface area contributed by atoms with Gasteiger partial charge in [0, 0.05) is 24.7 Å². The SMILES string of the molecule is Cc1ccc(NC2=NS(=O)(=O)N=C2N2CCOC(C(c3ccc(F)cc3)c3ccc(F)cc3)C2)cc1. The van der Waals surface area contributed by atoms with Gasteiger partial charge in [-0.2, -0.15) is 8.42 Å². The second-order valence-corrected chi connectivity index (χ2v) is 9.99. The molecule has 0 aliphatic carbocycles. The number of rotatable bonds is 4. The first-order valence-corrected chi connectivity index (χ1v) is 12.8. The number of amidine groups is 2. The monoisotopic (exact) mass is 510 g/mol. The Morgan fingerprint density at radius 1 is 0.917 bits per heavy atom. The molecule has 36 heavy (non-hydrogen) atoms. The second kappa shape index (κ2) is 9.79. The van der Waals surface area contributed by atoms with Crippen LogP contribution in [0.5, 0.6) is 0 Å². The summed E-state index contributed by atoms with van der Waals surface area (Å²) in [6.45, 7) is 2.96. The molecule has 0 bridgehead atoms. The number of anilines is 1. The lowest BCUT2D eigenvalue weighted by atomic mass is 9.85. The highest BCUT2D eigenvalue weighted by Gasteiger charge is 2.36. The van der Waals surface area contributed by atoms with Crippen LogP contribution in [-0.2, 0) is 14.9 Å². The van der Waals surface area contributed by atoms with Gasteiger partial charge in [-0.1, -0.05) is 42.0 Å². The van der Waals surface area contributed by atoms with Gasteiger partial charge in [0.15, 0.2) is 11.7 Å². The van der Waals surface area contributed by atoms with Crippen molar-refractivity contribution in [2.45, 2.75) is 18.9 Å². The first kappa shape index (κ1) is 24.1. The minimum atomic E-state index is -4.03. The molecule has 0 aromatic heterocycles. The van der Waals surface area contributed by atoms with Crippen LogP contribution < -0.4 is 5.32 Å². The number of hydrogen-bond acceptors (Lipinski definition) is 5. The predicted molar refractivity (Wildman–Crippen MR) is 135 cm³/mol. The Kier molecular flexibility index (Phi) is 6.55. The number of morpholine rings is 1. The van der Waals surface area contributed by atoms with Gasteiger partial charge in [0.2, 0.25) is 0 Å². The van der Waals surface area contributed by atoms with Gasteiger partial charge >= 0.3 is 10.2 Å². The largest absolute Gasteiger partial charge is 0.374 e. The molecule has 0 saturated carbocycles. The van der Waals surface area contributed by atoms with Crippen molar-refractivity contribution in [3.8, 4) is 0 Å². The quantitative estimate of drug-likeness (QED) is 0.567. The third kappa shape index (κ3) is 5.29. The van der Waals surface area contributed by atoms with Crippen LogP contribution in [-0.4, -0.2) is 50.8 Å². The zero-order valence-electron chi connectivity index (χ0n) is 19.4. The van der Waals surface area contributed by atoms with E-state index in [1.165, 1.54) is 24.3 Å². The van der Waals surface area contributed by atoms with Crippen molar-refractivity contribution >= 4 is 27.6 Å². The fourth-order valence-corrected chi connectivity index (χ4v) is 5.24. The normalized spacial score (nSPS) is 19.2. The average Bonchev–Trinajstić information content (AvgIpc) is 3.17. The summed E-state index contributed by atoms with van der Waals surface area (Å²) in [4.78, 5) is 1.82. The van der Waals surface area contributed by atoms with E-state index in [0.717, 1.165) is 16.7 Å². The van der Waals surface area contributed by atoms with Crippen LogP contribution in [0.1, 0.15) is 22.6 Å². The van der Waals surface area contributed by atoms with E-state index >= 15 is 0 Å². The maximum Gasteiger partial charge on any atom is 0.367 e. The van der Waals surface area contributed by atoms with Gasteiger partial charge in [0.05, 0.1) is 12.7 Å². The minimum Gasteiger partial charge on any atom is -0.374 e. The lowest BCUT2D eigenvalue weighted by Gasteiger charge is -2.38. The number of ether oxygens (including phenoxy) is 1. The molecular weight excluding hydrogens is 486 g/mol. The van der Waals surface area contributed by atoms with Crippen molar-refractivity contribution in [2.75, 3.05) is 25.0 Å². The number of benzene rings is 3. The number of nitrogens with zero attached hydrogens (tertiary/aromatic N) is 3. The molecule has 1 N–H and O–H groups in total. The summed E-state index contributed by atoms with van der Waals surface area (Å²) in [5.41, 5.74) is 3.34. The second-order valence-electron chi connectivity index (χ2n) is 8.73. The molecule has 0 spiro atoms. The van der Waals surface area contributed by atoms with E-state index < -0.39 is 16.3 Å². The Morgan fingerprint density at radius 3 is 2.08 bits per heavy atom. The van der Waals surface area contributed by atoms with Crippen molar-refractivity contribution in [2.24, 2.45) is 8.80 Å². The molecule has 1 atom stereocenters. The first-order valence-electron chi connectivity index (χ1n) is 11.4. The van der Waals surface area contributed by atoms with Crippen molar-refractivity contribution in [1.82, 2.24) is 4.90 Å². The molecule has 7 nitrogen and oxygen atoms in total. The standard InChI is InChI=1S/C26H24F2N4O3S/c1-17-2-12-22(13-3-17)29-25-26(31-36(33,34)30-25)32-14-15-35-23(16-32)24(18-4-8-20(27)9-5-18)19-6-10-21(28)11-7-19/h2-13,23-24H,14-16H2,1H3,(H,29,30). The summed E-state index contributed by atoms with van der Waals surface area (Å²) >= 11 is 0. The smallest absolute Gasteiger partial charge is 0.367 e. The van der Waals surface area contributed by atoms with Crippen LogP contribution in [0, 0.1) is 18.6 Å². The lowest BCUT2D eigenvalue weighted by Crippen LogP contribution is -2.50. The topological polar surface area (TPSA) is 83.4 Å². The summed E-state index contributed by atoms with van der Waals surface area (Å²) in [6.07, 6.45) is -0.443. The van der Waals surface area contributed by atoms with Crippen LogP contribution in [0.3, 0.4) is 0 Å². The van der Waals surface area contributed by atoms with Crippen LogP contribution in [0.15, 0.2) is 81.6 Å². The minimum absolute atomic E-state index is 0.139. The van der Waals surface area contributed by atoms with Gasteiger partial charge in [0.1, 0.15) is 11.6 Å². The molecule has 5 rings (SSSR count). The van der Waals surface area contributed by atoms with Gasteiger partial charge < -0.3 is 15.0 Å². The summed E-state index contributed by atoms with van der Waals surface area (Å²) in [5.74, 6) is -0.730. The highest BCUT2D eigenvalue weighted by Crippen LogP contribution is 2.32. The Morgan fingerprint density at radius 2 is 1.50 bits per heavy atom. The summed E-state index contributed by atoms with van der Waals surface area (Å²) in [6, 6.07) is 19.7. The molecular formula is C26H24F2N4O3S.